The standard InChI is InChI=1S/C15H18N2OS3/c1-9-2-3-11-12(6-9)21-14(13(11)16)15(18)17-7-10-8-19-4-5-20-10/h2-3,6,10H,4-5,7-8,16H2,1H3,(H,17,18). The second-order valence-electron chi connectivity index (χ2n) is 5.12. The number of amides is 1. The number of anilines is 1. The van der Waals surface area contributed by atoms with Crippen molar-refractivity contribution in [3.8, 4) is 0 Å². The Kier molecular flexibility index (Phi) is 4.66. The lowest BCUT2D eigenvalue weighted by atomic mass is 10.1. The predicted octanol–water partition coefficient (Wildman–Crippen LogP) is 3.37. The summed E-state index contributed by atoms with van der Waals surface area (Å²) in [6.07, 6.45) is 0. The zero-order valence-electron chi connectivity index (χ0n) is 11.8. The molecule has 6 heteroatoms. The van der Waals surface area contributed by atoms with E-state index in [1.807, 2.05) is 42.6 Å². The van der Waals surface area contributed by atoms with Crippen molar-refractivity contribution in [1.82, 2.24) is 5.32 Å². The van der Waals surface area contributed by atoms with Gasteiger partial charge in [-0.1, -0.05) is 12.1 Å². The van der Waals surface area contributed by atoms with Gasteiger partial charge in [0.1, 0.15) is 4.88 Å². The number of nitrogens with two attached hydrogens (primary N) is 1. The number of carbonyl (C=O) groups excluding carboxylic acids is 1. The summed E-state index contributed by atoms with van der Waals surface area (Å²) in [4.78, 5) is 13.0. The highest BCUT2D eigenvalue weighted by molar-refractivity contribution is 8.06. The van der Waals surface area contributed by atoms with E-state index < -0.39 is 0 Å². The lowest BCUT2D eigenvalue weighted by molar-refractivity contribution is 0.0959. The molecule has 2 heterocycles. The average Bonchev–Trinajstić information content (AvgIpc) is 2.82. The highest BCUT2D eigenvalue weighted by Gasteiger charge is 2.19. The highest BCUT2D eigenvalue weighted by atomic mass is 32.2. The Morgan fingerprint density at radius 3 is 3.05 bits per heavy atom. The third-order valence-corrected chi connectivity index (χ3v) is 7.48. The van der Waals surface area contributed by atoms with E-state index in [4.69, 9.17) is 5.73 Å². The summed E-state index contributed by atoms with van der Waals surface area (Å²) < 4.78 is 1.08. The number of hydrogen-bond donors (Lipinski definition) is 2. The minimum atomic E-state index is -0.0393. The number of thioether (sulfide) groups is 2. The number of benzene rings is 1. The molecule has 1 unspecified atom stereocenters. The van der Waals surface area contributed by atoms with Gasteiger partial charge in [0.2, 0.25) is 0 Å². The average molecular weight is 339 g/mol. The summed E-state index contributed by atoms with van der Waals surface area (Å²) in [6.45, 7) is 2.77. The molecule has 0 spiro atoms. The van der Waals surface area contributed by atoms with E-state index in [9.17, 15) is 4.79 Å². The van der Waals surface area contributed by atoms with Crippen molar-refractivity contribution in [2.75, 3.05) is 29.5 Å². The van der Waals surface area contributed by atoms with Gasteiger partial charge in [0, 0.05) is 39.1 Å². The SMILES string of the molecule is Cc1ccc2c(N)c(C(=O)NCC3CSCCS3)sc2c1. The lowest BCUT2D eigenvalue weighted by Crippen LogP contribution is -2.33. The molecule has 1 aliphatic heterocycles. The summed E-state index contributed by atoms with van der Waals surface area (Å²) in [5, 5.41) is 4.55. The molecule has 0 bridgehead atoms. The van der Waals surface area contributed by atoms with Gasteiger partial charge < -0.3 is 11.1 Å². The molecule has 0 saturated carbocycles. The fraction of sp³-hybridized carbons (Fsp3) is 0.400. The number of rotatable bonds is 3. The number of carbonyl (C=O) groups is 1. The van der Waals surface area contributed by atoms with Gasteiger partial charge in [0.05, 0.1) is 5.69 Å². The quantitative estimate of drug-likeness (QED) is 0.901. The number of fused-ring (bicyclic) bond motifs is 1. The van der Waals surface area contributed by atoms with Gasteiger partial charge in [-0.2, -0.15) is 23.5 Å². The minimum absolute atomic E-state index is 0.0393. The molecule has 3 N–H and O–H groups in total. The highest BCUT2D eigenvalue weighted by Crippen LogP contribution is 2.34. The molecule has 3 nitrogen and oxygen atoms in total. The molecule has 1 saturated heterocycles. The van der Waals surface area contributed by atoms with Crippen molar-refractivity contribution < 1.29 is 4.79 Å². The van der Waals surface area contributed by atoms with E-state index in [2.05, 4.69) is 11.4 Å². The number of nitrogen functional groups attached to an aromatic ring is 1. The Hall–Kier alpha value is -0.850. The number of nitrogens with one attached hydrogen (secondary N) is 1. The number of aryl methyl sites for hydroxylation is 1. The molecular formula is C15H18N2OS3. The fourth-order valence-electron chi connectivity index (χ4n) is 2.33. The first-order valence-corrected chi connectivity index (χ1v) is 9.93. The molecule has 1 aromatic carbocycles. The van der Waals surface area contributed by atoms with Crippen LogP contribution in [0, 0.1) is 6.92 Å². The Morgan fingerprint density at radius 2 is 2.29 bits per heavy atom. The maximum atomic E-state index is 12.4. The first-order chi connectivity index (χ1) is 10.1. The number of hydrogen-bond acceptors (Lipinski definition) is 5. The van der Waals surface area contributed by atoms with E-state index in [0.29, 0.717) is 15.8 Å². The molecule has 0 aliphatic carbocycles. The van der Waals surface area contributed by atoms with Crippen molar-refractivity contribution in [3.63, 3.8) is 0 Å². The van der Waals surface area contributed by atoms with E-state index >= 15 is 0 Å². The summed E-state index contributed by atoms with van der Waals surface area (Å²) >= 11 is 5.40. The van der Waals surface area contributed by atoms with Crippen LogP contribution in [0.3, 0.4) is 0 Å². The van der Waals surface area contributed by atoms with E-state index in [1.165, 1.54) is 28.4 Å². The molecule has 0 radical (unpaired) electrons. The lowest BCUT2D eigenvalue weighted by Gasteiger charge is -2.20. The van der Waals surface area contributed by atoms with Crippen LogP contribution in [0.4, 0.5) is 5.69 Å². The zero-order valence-corrected chi connectivity index (χ0v) is 14.3. The van der Waals surface area contributed by atoms with Crippen LogP contribution in [0.15, 0.2) is 18.2 Å². The van der Waals surface area contributed by atoms with Crippen LogP contribution in [0.25, 0.3) is 10.1 Å². The van der Waals surface area contributed by atoms with Crippen molar-refractivity contribution in [1.29, 1.82) is 0 Å². The third-order valence-electron chi connectivity index (χ3n) is 3.47. The first kappa shape index (κ1) is 15.1. The monoisotopic (exact) mass is 338 g/mol. The van der Waals surface area contributed by atoms with E-state index in [1.54, 1.807) is 0 Å². The summed E-state index contributed by atoms with van der Waals surface area (Å²) in [5.74, 6) is 3.47. The van der Waals surface area contributed by atoms with E-state index in [0.717, 1.165) is 22.4 Å². The van der Waals surface area contributed by atoms with Gasteiger partial charge in [0.25, 0.3) is 5.91 Å². The molecule has 1 fully saturated rings. The fourth-order valence-corrected chi connectivity index (χ4v) is 6.08. The van der Waals surface area contributed by atoms with Gasteiger partial charge in [-0.3, -0.25) is 4.79 Å². The first-order valence-electron chi connectivity index (χ1n) is 6.91. The molecule has 3 rings (SSSR count). The molecular weight excluding hydrogens is 320 g/mol. The number of thiophene rings is 1. The van der Waals surface area contributed by atoms with Crippen LogP contribution in [-0.4, -0.2) is 35.0 Å². The summed E-state index contributed by atoms with van der Waals surface area (Å²) in [6, 6.07) is 6.12. The van der Waals surface area contributed by atoms with Gasteiger partial charge in [-0.25, -0.2) is 0 Å². The van der Waals surface area contributed by atoms with Crippen molar-refractivity contribution >= 4 is 56.5 Å². The smallest absolute Gasteiger partial charge is 0.263 e. The third kappa shape index (κ3) is 3.33. The molecule has 1 aliphatic rings. The Labute approximate surface area is 137 Å². The predicted molar refractivity (Wildman–Crippen MR) is 96.9 cm³/mol. The topological polar surface area (TPSA) is 55.1 Å². The largest absolute Gasteiger partial charge is 0.397 e. The maximum absolute atomic E-state index is 12.4. The van der Waals surface area contributed by atoms with Crippen LogP contribution >= 0.6 is 34.9 Å². The van der Waals surface area contributed by atoms with Gasteiger partial charge >= 0.3 is 0 Å². The van der Waals surface area contributed by atoms with Crippen LogP contribution in [-0.2, 0) is 0 Å². The van der Waals surface area contributed by atoms with Crippen LogP contribution in [0.1, 0.15) is 15.2 Å². The van der Waals surface area contributed by atoms with Crippen molar-refractivity contribution in [3.05, 3.63) is 28.6 Å². The Bertz CT molecular complexity index is 662. The van der Waals surface area contributed by atoms with Crippen molar-refractivity contribution in [2.24, 2.45) is 0 Å². The summed E-state index contributed by atoms with van der Waals surface area (Å²) in [5.41, 5.74) is 7.93. The van der Waals surface area contributed by atoms with Gasteiger partial charge in [-0.05, 0) is 18.6 Å². The summed E-state index contributed by atoms with van der Waals surface area (Å²) in [7, 11) is 0. The van der Waals surface area contributed by atoms with Gasteiger partial charge in [0.15, 0.2) is 0 Å². The zero-order chi connectivity index (χ0) is 14.8. The molecule has 112 valence electrons. The molecule has 1 amide bonds. The van der Waals surface area contributed by atoms with Crippen LogP contribution in [0.5, 0.6) is 0 Å². The Morgan fingerprint density at radius 1 is 1.43 bits per heavy atom. The molecule has 21 heavy (non-hydrogen) atoms. The second-order valence-corrected chi connectivity index (χ2v) is 8.73. The van der Waals surface area contributed by atoms with Crippen LogP contribution < -0.4 is 11.1 Å². The maximum Gasteiger partial charge on any atom is 0.263 e. The van der Waals surface area contributed by atoms with E-state index in [-0.39, 0.29) is 5.91 Å². The molecule has 2 aromatic rings. The molecule has 1 atom stereocenters. The van der Waals surface area contributed by atoms with Gasteiger partial charge in [-0.15, -0.1) is 11.3 Å². The van der Waals surface area contributed by atoms with Crippen LogP contribution in [0.2, 0.25) is 0 Å². The van der Waals surface area contributed by atoms with Crippen molar-refractivity contribution in [2.45, 2.75) is 12.2 Å². The Balaban J connectivity index is 1.73. The second kappa shape index (κ2) is 6.50. The molecule has 1 aromatic heterocycles. The minimum Gasteiger partial charge on any atom is -0.397 e. The normalized spacial score (nSPS) is 18.8.